The number of aromatic nitrogens is 3. The van der Waals surface area contributed by atoms with E-state index in [1.807, 2.05) is 18.2 Å². The monoisotopic (exact) mass is 242 g/mol. The van der Waals surface area contributed by atoms with Crippen LogP contribution in [0.4, 0.5) is 0 Å². The van der Waals surface area contributed by atoms with Gasteiger partial charge in [0.15, 0.2) is 0 Å². The number of nitrogens with zero attached hydrogens (tertiary/aromatic N) is 2. The van der Waals surface area contributed by atoms with E-state index in [9.17, 15) is 0 Å². The molecule has 0 spiro atoms. The molecule has 4 heteroatoms. The van der Waals surface area contributed by atoms with Crippen molar-refractivity contribution in [3.63, 3.8) is 0 Å². The number of aryl methyl sites for hydroxylation is 1. The van der Waals surface area contributed by atoms with Crippen LogP contribution in [0.1, 0.15) is 18.5 Å². The smallest absolute Gasteiger partial charge is 0.115 e. The number of nitrogens with one attached hydrogen (secondary N) is 2. The molecule has 0 bridgehead atoms. The van der Waals surface area contributed by atoms with Crippen LogP contribution >= 0.6 is 0 Å². The van der Waals surface area contributed by atoms with E-state index in [4.69, 9.17) is 0 Å². The fourth-order valence-electron chi connectivity index (χ4n) is 2.56. The summed E-state index contributed by atoms with van der Waals surface area (Å²) in [6.45, 7) is 2.32. The molecule has 2 aromatic rings. The van der Waals surface area contributed by atoms with Crippen LogP contribution in [0.5, 0.6) is 0 Å². The molecule has 1 fully saturated rings. The van der Waals surface area contributed by atoms with Crippen molar-refractivity contribution in [2.24, 2.45) is 5.92 Å². The molecule has 1 aliphatic heterocycles. The van der Waals surface area contributed by atoms with Crippen molar-refractivity contribution in [2.45, 2.75) is 19.3 Å². The van der Waals surface area contributed by atoms with Crippen LogP contribution in [0, 0.1) is 5.92 Å². The van der Waals surface area contributed by atoms with Gasteiger partial charge in [-0.1, -0.05) is 35.5 Å². The normalized spacial score (nSPS) is 19.2. The zero-order valence-corrected chi connectivity index (χ0v) is 10.4. The summed E-state index contributed by atoms with van der Waals surface area (Å²) in [7, 11) is 0. The van der Waals surface area contributed by atoms with Gasteiger partial charge in [0.05, 0.1) is 5.69 Å². The van der Waals surface area contributed by atoms with Crippen LogP contribution in [-0.2, 0) is 6.42 Å². The molecule has 94 valence electrons. The molecule has 2 heterocycles. The highest BCUT2D eigenvalue weighted by atomic mass is 15.3. The van der Waals surface area contributed by atoms with Gasteiger partial charge in [-0.2, -0.15) is 0 Å². The van der Waals surface area contributed by atoms with Gasteiger partial charge in [0.25, 0.3) is 0 Å². The second-order valence-corrected chi connectivity index (χ2v) is 4.90. The number of benzene rings is 1. The van der Waals surface area contributed by atoms with E-state index in [0.717, 1.165) is 42.4 Å². The summed E-state index contributed by atoms with van der Waals surface area (Å²) in [5, 5.41) is 14.6. The maximum atomic E-state index is 4.21. The fourth-order valence-corrected chi connectivity index (χ4v) is 2.56. The minimum Gasteiger partial charge on any atom is -0.316 e. The van der Waals surface area contributed by atoms with Crippen LogP contribution in [0.2, 0.25) is 0 Å². The molecule has 1 aromatic carbocycles. The summed E-state index contributed by atoms with van der Waals surface area (Å²) in [5.41, 5.74) is 3.31. The van der Waals surface area contributed by atoms with Gasteiger partial charge >= 0.3 is 0 Å². The van der Waals surface area contributed by atoms with Gasteiger partial charge in [-0.15, -0.1) is 5.10 Å². The molecule has 18 heavy (non-hydrogen) atoms. The summed E-state index contributed by atoms with van der Waals surface area (Å²) in [6, 6.07) is 10.3. The third-order valence-electron chi connectivity index (χ3n) is 3.63. The minimum absolute atomic E-state index is 0.803. The van der Waals surface area contributed by atoms with Gasteiger partial charge < -0.3 is 5.32 Å². The SMILES string of the molecule is c1ccc(-c2nn[nH]c2CCC2CCNC2)cc1. The van der Waals surface area contributed by atoms with E-state index in [1.165, 1.54) is 12.8 Å². The van der Waals surface area contributed by atoms with Gasteiger partial charge in [-0.3, -0.25) is 5.10 Å². The molecular formula is C14H18N4. The first-order valence-electron chi connectivity index (χ1n) is 6.59. The topological polar surface area (TPSA) is 53.6 Å². The molecule has 4 nitrogen and oxygen atoms in total. The molecule has 1 saturated heterocycles. The summed E-state index contributed by atoms with van der Waals surface area (Å²) < 4.78 is 0. The lowest BCUT2D eigenvalue weighted by molar-refractivity contribution is 0.529. The van der Waals surface area contributed by atoms with Crippen molar-refractivity contribution in [1.82, 2.24) is 20.7 Å². The first-order valence-corrected chi connectivity index (χ1v) is 6.59. The summed E-state index contributed by atoms with van der Waals surface area (Å²) in [6.07, 6.45) is 3.53. The number of rotatable bonds is 4. The molecule has 1 aromatic heterocycles. The summed E-state index contributed by atoms with van der Waals surface area (Å²) in [5.74, 6) is 0.803. The van der Waals surface area contributed by atoms with E-state index in [0.29, 0.717) is 0 Å². The van der Waals surface area contributed by atoms with Crippen molar-refractivity contribution in [2.75, 3.05) is 13.1 Å². The highest BCUT2D eigenvalue weighted by Crippen LogP contribution is 2.22. The van der Waals surface area contributed by atoms with Crippen molar-refractivity contribution in [3.8, 4) is 11.3 Å². The highest BCUT2D eigenvalue weighted by Gasteiger charge is 2.16. The molecular weight excluding hydrogens is 224 g/mol. The molecule has 0 saturated carbocycles. The standard InChI is InChI=1S/C14H18N4/c1-2-4-12(5-3-1)14-13(16-18-17-14)7-6-11-8-9-15-10-11/h1-5,11,15H,6-10H2,(H,16,17,18). The third-order valence-corrected chi connectivity index (χ3v) is 3.63. The number of hydrogen-bond donors (Lipinski definition) is 2. The number of H-pyrrole nitrogens is 1. The Morgan fingerprint density at radius 1 is 1.22 bits per heavy atom. The average molecular weight is 242 g/mol. The van der Waals surface area contributed by atoms with E-state index >= 15 is 0 Å². The Bertz CT molecular complexity index is 486. The Kier molecular flexibility index (Phi) is 3.37. The maximum absolute atomic E-state index is 4.21. The Morgan fingerprint density at radius 2 is 2.11 bits per heavy atom. The second-order valence-electron chi connectivity index (χ2n) is 4.90. The molecule has 0 aliphatic carbocycles. The van der Waals surface area contributed by atoms with Gasteiger partial charge in [0, 0.05) is 5.56 Å². The largest absolute Gasteiger partial charge is 0.316 e. The van der Waals surface area contributed by atoms with E-state index in [1.54, 1.807) is 0 Å². The minimum atomic E-state index is 0.803. The predicted molar refractivity (Wildman–Crippen MR) is 71.1 cm³/mol. The Balaban J connectivity index is 1.71. The number of aromatic amines is 1. The molecule has 3 rings (SSSR count). The zero-order chi connectivity index (χ0) is 12.2. The van der Waals surface area contributed by atoms with Crippen LogP contribution in [0.3, 0.4) is 0 Å². The molecule has 1 aliphatic rings. The second kappa shape index (κ2) is 5.31. The van der Waals surface area contributed by atoms with Crippen molar-refractivity contribution < 1.29 is 0 Å². The van der Waals surface area contributed by atoms with Crippen LogP contribution < -0.4 is 5.32 Å². The molecule has 0 radical (unpaired) electrons. The maximum Gasteiger partial charge on any atom is 0.115 e. The Hall–Kier alpha value is -1.68. The molecule has 1 unspecified atom stereocenters. The number of hydrogen-bond acceptors (Lipinski definition) is 3. The van der Waals surface area contributed by atoms with Gasteiger partial charge in [-0.25, -0.2) is 0 Å². The first-order chi connectivity index (χ1) is 8.93. The lowest BCUT2D eigenvalue weighted by Gasteiger charge is -2.07. The lowest BCUT2D eigenvalue weighted by atomic mass is 9.99. The lowest BCUT2D eigenvalue weighted by Crippen LogP contribution is -2.09. The quantitative estimate of drug-likeness (QED) is 0.862. The Labute approximate surface area is 107 Å². The fraction of sp³-hybridized carbons (Fsp3) is 0.429. The van der Waals surface area contributed by atoms with Gasteiger partial charge in [-0.05, 0) is 38.3 Å². The van der Waals surface area contributed by atoms with E-state index in [-0.39, 0.29) is 0 Å². The molecule has 1 atom stereocenters. The van der Waals surface area contributed by atoms with Crippen molar-refractivity contribution in [1.29, 1.82) is 0 Å². The first kappa shape index (κ1) is 11.4. The van der Waals surface area contributed by atoms with E-state index < -0.39 is 0 Å². The zero-order valence-electron chi connectivity index (χ0n) is 10.4. The van der Waals surface area contributed by atoms with Crippen LogP contribution in [-0.4, -0.2) is 28.5 Å². The van der Waals surface area contributed by atoms with Gasteiger partial charge in [0.2, 0.25) is 0 Å². The average Bonchev–Trinajstić information content (AvgIpc) is 3.09. The van der Waals surface area contributed by atoms with Crippen LogP contribution in [0.15, 0.2) is 30.3 Å². The van der Waals surface area contributed by atoms with Crippen molar-refractivity contribution in [3.05, 3.63) is 36.0 Å². The third kappa shape index (κ3) is 2.43. The summed E-state index contributed by atoms with van der Waals surface area (Å²) >= 11 is 0. The molecule has 2 N–H and O–H groups in total. The predicted octanol–water partition coefficient (Wildman–Crippen LogP) is 2.01. The van der Waals surface area contributed by atoms with Crippen molar-refractivity contribution >= 4 is 0 Å². The van der Waals surface area contributed by atoms with Crippen LogP contribution in [0.25, 0.3) is 11.3 Å². The Morgan fingerprint density at radius 3 is 2.89 bits per heavy atom. The highest BCUT2D eigenvalue weighted by molar-refractivity contribution is 5.60. The van der Waals surface area contributed by atoms with Gasteiger partial charge in [0.1, 0.15) is 5.69 Å². The van der Waals surface area contributed by atoms with E-state index in [2.05, 4.69) is 32.9 Å². The molecule has 0 amide bonds. The summed E-state index contributed by atoms with van der Waals surface area (Å²) in [4.78, 5) is 0.